The Hall–Kier alpha value is -2.39. The fourth-order valence-corrected chi connectivity index (χ4v) is 3.48. The lowest BCUT2D eigenvalue weighted by molar-refractivity contribution is 0.482. The first-order valence-corrected chi connectivity index (χ1v) is 7.21. The van der Waals surface area contributed by atoms with Crippen LogP contribution in [0.5, 0.6) is 5.75 Å². The number of benzene rings is 2. The molecule has 0 radical (unpaired) electrons. The molecule has 4 aromatic rings. The SMILES string of the molecule is Oc1cc(-c2ccccc2)nc2c1sc1ccccc12. The third-order valence-electron chi connectivity index (χ3n) is 3.38. The molecule has 0 aliphatic rings. The minimum Gasteiger partial charge on any atom is -0.506 e. The van der Waals surface area contributed by atoms with Crippen molar-refractivity contribution in [3.63, 3.8) is 0 Å². The summed E-state index contributed by atoms with van der Waals surface area (Å²) in [4.78, 5) is 4.74. The van der Waals surface area contributed by atoms with Gasteiger partial charge < -0.3 is 5.11 Å². The molecule has 0 amide bonds. The summed E-state index contributed by atoms with van der Waals surface area (Å²) in [6, 6.07) is 19.8. The molecule has 2 aromatic carbocycles. The highest BCUT2D eigenvalue weighted by molar-refractivity contribution is 7.26. The highest BCUT2D eigenvalue weighted by atomic mass is 32.1. The third-order valence-corrected chi connectivity index (χ3v) is 4.56. The van der Waals surface area contributed by atoms with Gasteiger partial charge in [-0.05, 0) is 6.07 Å². The summed E-state index contributed by atoms with van der Waals surface area (Å²) in [5.74, 6) is 0.301. The van der Waals surface area contributed by atoms with Crippen molar-refractivity contribution in [2.75, 3.05) is 0 Å². The van der Waals surface area contributed by atoms with Crippen LogP contribution in [0.3, 0.4) is 0 Å². The van der Waals surface area contributed by atoms with Crippen LogP contribution in [0.15, 0.2) is 60.7 Å². The standard InChI is InChI=1S/C17H11NOS/c19-14-10-13(11-6-2-1-3-7-11)18-16-12-8-4-5-9-15(12)20-17(14)16/h1-10H,(H,18,19). The Morgan fingerprint density at radius 2 is 1.65 bits per heavy atom. The summed E-state index contributed by atoms with van der Waals surface area (Å²) >= 11 is 1.58. The van der Waals surface area contributed by atoms with E-state index in [4.69, 9.17) is 4.98 Å². The van der Waals surface area contributed by atoms with Gasteiger partial charge in [0, 0.05) is 21.7 Å². The number of pyridine rings is 1. The van der Waals surface area contributed by atoms with Crippen molar-refractivity contribution in [1.82, 2.24) is 4.98 Å². The van der Waals surface area contributed by atoms with Gasteiger partial charge in [-0.25, -0.2) is 4.98 Å². The van der Waals surface area contributed by atoms with Crippen LogP contribution in [0.1, 0.15) is 0 Å². The maximum absolute atomic E-state index is 10.3. The van der Waals surface area contributed by atoms with Gasteiger partial charge in [-0.15, -0.1) is 11.3 Å². The highest BCUT2D eigenvalue weighted by Crippen LogP contribution is 2.39. The van der Waals surface area contributed by atoms with Crippen molar-refractivity contribution in [3.05, 3.63) is 60.7 Å². The van der Waals surface area contributed by atoms with Gasteiger partial charge in [0.15, 0.2) is 0 Å². The molecular weight excluding hydrogens is 266 g/mol. The second-order valence-electron chi connectivity index (χ2n) is 4.67. The zero-order chi connectivity index (χ0) is 13.5. The normalized spacial score (nSPS) is 11.2. The number of hydrogen-bond donors (Lipinski definition) is 1. The minimum absolute atomic E-state index is 0.301. The molecule has 0 aliphatic carbocycles. The van der Waals surface area contributed by atoms with Gasteiger partial charge in [0.25, 0.3) is 0 Å². The van der Waals surface area contributed by atoms with Crippen LogP contribution >= 0.6 is 11.3 Å². The van der Waals surface area contributed by atoms with Crippen molar-refractivity contribution in [2.24, 2.45) is 0 Å². The molecule has 0 spiro atoms. The van der Waals surface area contributed by atoms with Crippen molar-refractivity contribution in [1.29, 1.82) is 0 Å². The van der Waals surface area contributed by atoms with E-state index in [0.29, 0.717) is 5.75 Å². The topological polar surface area (TPSA) is 33.1 Å². The summed E-state index contributed by atoms with van der Waals surface area (Å²) in [6.07, 6.45) is 0. The molecule has 0 atom stereocenters. The number of aromatic hydroxyl groups is 1. The molecular formula is C17H11NOS. The maximum Gasteiger partial charge on any atom is 0.137 e. The lowest BCUT2D eigenvalue weighted by atomic mass is 10.1. The lowest BCUT2D eigenvalue weighted by Crippen LogP contribution is -1.83. The van der Waals surface area contributed by atoms with E-state index in [9.17, 15) is 5.11 Å². The Bertz CT molecular complexity index is 912. The van der Waals surface area contributed by atoms with Gasteiger partial charge >= 0.3 is 0 Å². The van der Waals surface area contributed by atoms with Gasteiger partial charge in [-0.2, -0.15) is 0 Å². The Labute approximate surface area is 120 Å². The zero-order valence-corrected chi connectivity index (χ0v) is 11.4. The molecule has 0 unspecified atom stereocenters. The fourth-order valence-electron chi connectivity index (χ4n) is 2.42. The molecule has 0 saturated heterocycles. The molecule has 20 heavy (non-hydrogen) atoms. The second kappa shape index (κ2) is 4.32. The van der Waals surface area contributed by atoms with Gasteiger partial charge in [0.2, 0.25) is 0 Å². The van der Waals surface area contributed by atoms with Gasteiger partial charge in [-0.3, -0.25) is 0 Å². The smallest absolute Gasteiger partial charge is 0.137 e. The Morgan fingerprint density at radius 1 is 0.900 bits per heavy atom. The number of thiophene rings is 1. The highest BCUT2D eigenvalue weighted by Gasteiger charge is 2.12. The predicted molar refractivity (Wildman–Crippen MR) is 84.2 cm³/mol. The van der Waals surface area contributed by atoms with E-state index < -0.39 is 0 Å². The van der Waals surface area contributed by atoms with E-state index in [1.807, 2.05) is 42.5 Å². The lowest BCUT2D eigenvalue weighted by Gasteiger charge is -2.03. The van der Waals surface area contributed by atoms with Crippen LogP contribution < -0.4 is 0 Å². The van der Waals surface area contributed by atoms with Crippen LogP contribution in [0, 0.1) is 0 Å². The van der Waals surface area contributed by atoms with E-state index in [1.165, 1.54) is 0 Å². The average molecular weight is 277 g/mol. The molecule has 3 heteroatoms. The number of aromatic nitrogens is 1. The largest absolute Gasteiger partial charge is 0.506 e. The van der Waals surface area contributed by atoms with Gasteiger partial charge in [0.1, 0.15) is 5.75 Å². The summed E-state index contributed by atoms with van der Waals surface area (Å²) < 4.78 is 2.00. The number of fused-ring (bicyclic) bond motifs is 3. The molecule has 4 rings (SSSR count). The summed E-state index contributed by atoms with van der Waals surface area (Å²) in [5.41, 5.74) is 2.70. The van der Waals surface area contributed by atoms with E-state index in [2.05, 4.69) is 12.1 Å². The van der Waals surface area contributed by atoms with Crippen molar-refractivity contribution in [2.45, 2.75) is 0 Å². The van der Waals surface area contributed by atoms with E-state index >= 15 is 0 Å². The fraction of sp³-hybridized carbons (Fsp3) is 0. The van der Waals surface area contributed by atoms with E-state index in [0.717, 1.165) is 31.6 Å². The van der Waals surface area contributed by atoms with Crippen LogP contribution in [-0.2, 0) is 0 Å². The number of nitrogens with zero attached hydrogens (tertiary/aromatic N) is 1. The molecule has 2 nitrogen and oxygen atoms in total. The van der Waals surface area contributed by atoms with Crippen molar-refractivity contribution in [3.8, 4) is 17.0 Å². The van der Waals surface area contributed by atoms with Crippen LogP contribution in [-0.4, -0.2) is 10.1 Å². The third kappa shape index (κ3) is 1.67. The Morgan fingerprint density at radius 3 is 2.50 bits per heavy atom. The molecule has 0 aliphatic heterocycles. The molecule has 2 heterocycles. The number of hydrogen-bond acceptors (Lipinski definition) is 3. The quantitative estimate of drug-likeness (QED) is 0.541. The molecule has 2 aromatic heterocycles. The number of rotatable bonds is 1. The predicted octanol–water partition coefficient (Wildman–Crippen LogP) is 4.82. The second-order valence-corrected chi connectivity index (χ2v) is 5.72. The summed E-state index contributed by atoms with van der Waals surface area (Å²) in [5, 5.41) is 11.4. The average Bonchev–Trinajstić information content (AvgIpc) is 2.88. The van der Waals surface area contributed by atoms with E-state index in [-0.39, 0.29) is 0 Å². The maximum atomic E-state index is 10.3. The van der Waals surface area contributed by atoms with Crippen molar-refractivity contribution >= 4 is 31.6 Å². The Balaban J connectivity index is 2.08. The van der Waals surface area contributed by atoms with Crippen LogP contribution in [0.4, 0.5) is 0 Å². The first-order chi connectivity index (χ1) is 9.83. The molecule has 96 valence electrons. The Kier molecular flexibility index (Phi) is 2.47. The van der Waals surface area contributed by atoms with Crippen LogP contribution in [0.25, 0.3) is 31.6 Å². The van der Waals surface area contributed by atoms with Gasteiger partial charge in [-0.1, -0.05) is 48.5 Å². The van der Waals surface area contributed by atoms with Crippen LogP contribution in [0.2, 0.25) is 0 Å². The first-order valence-electron chi connectivity index (χ1n) is 6.39. The molecule has 1 N–H and O–H groups in total. The molecule has 0 fully saturated rings. The van der Waals surface area contributed by atoms with E-state index in [1.54, 1.807) is 17.4 Å². The molecule has 0 bridgehead atoms. The first kappa shape index (κ1) is 11.4. The zero-order valence-electron chi connectivity index (χ0n) is 10.6. The summed E-state index contributed by atoms with van der Waals surface area (Å²) in [7, 11) is 0. The minimum atomic E-state index is 0.301. The van der Waals surface area contributed by atoms with Crippen molar-refractivity contribution < 1.29 is 5.11 Å². The summed E-state index contributed by atoms with van der Waals surface area (Å²) in [6.45, 7) is 0. The van der Waals surface area contributed by atoms with Gasteiger partial charge in [0.05, 0.1) is 15.9 Å². The molecule has 0 saturated carbocycles. The monoisotopic (exact) mass is 277 g/mol.